The maximum Gasteiger partial charge on any atom is 0.408 e. The molecule has 0 heterocycles. The standard InChI is InChI=1S/C14H27N3O2/c1-12(2,3)19-11(18)17-14(10(15)16)8-6-13(4,5)7-9-14/h6-9H2,1-5H3,(H3,15,16)(H,17,18). The van der Waals surface area contributed by atoms with Crippen molar-refractivity contribution in [2.45, 2.75) is 71.4 Å². The van der Waals surface area contributed by atoms with Crippen LogP contribution in [-0.2, 0) is 4.74 Å². The van der Waals surface area contributed by atoms with Gasteiger partial charge in [0.05, 0.1) is 0 Å². The number of nitrogens with two attached hydrogens (primary N) is 1. The van der Waals surface area contributed by atoms with E-state index < -0.39 is 17.2 Å². The largest absolute Gasteiger partial charge is 0.444 e. The van der Waals surface area contributed by atoms with Crippen LogP contribution in [0.1, 0.15) is 60.3 Å². The van der Waals surface area contributed by atoms with E-state index in [-0.39, 0.29) is 11.3 Å². The van der Waals surface area contributed by atoms with Crippen molar-refractivity contribution in [3.63, 3.8) is 0 Å². The zero-order valence-corrected chi connectivity index (χ0v) is 12.7. The number of amides is 1. The van der Waals surface area contributed by atoms with E-state index in [1.165, 1.54) is 0 Å². The van der Waals surface area contributed by atoms with Gasteiger partial charge in [0.15, 0.2) is 0 Å². The molecule has 0 aromatic rings. The maximum atomic E-state index is 11.9. The van der Waals surface area contributed by atoms with Crippen molar-refractivity contribution < 1.29 is 9.53 Å². The van der Waals surface area contributed by atoms with Crippen LogP contribution in [0.15, 0.2) is 0 Å². The van der Waals surface area contributed by atoms with Crippen molar-refractivity contribution in [1.82, 2.24) is 5.32 Å². The first-order valence-corrected chi connectivity index (χ1v) is 6.82. The highest BCUT2D eigenvalue weighted by molar-refractivity contribution is 5.91. The molecule has 110 valence electrons. The second kappa shape index (κ2) is 5.02. The van der Waals surface area contributed by atoms with E-state index in [0.29, 0.717) is 12.8 Å². The van der Waals surface area contributed by atoms with E-state index in [1.54, 1.807) is 0 Å². The van der Waals surface area contributed by atoms with Crippen molar-refractivity contribution in [3.8, 4) is 0 Å². The van der Waals surface area contributed by atoms with E-state index in [4.69, 9.17) is 15.9 Å². The van der Waals surface area contributed by atoms with Crippen LogP contribution >= 0.6 is 0 Å². The number of hydrogen-bond acceptors (Lipinski definition) is 3. The molecular formula is C14H27N3O2. The monoisotopic (exact) mass is 269 g/mol. The molecular weight excluding hydrogens is 242 g/mol. The molecule has 1 saturated carbocycles. The fourth-order valence-corrected chi connectivity index (χ4v) is 2.31. The Morgan fingerprint density at radius 1 is 1.21 bits per heavy atom. The summed E-state index contributed by atoms with van der Waals surface area (Å²) in [4.78, 5) is 11.9. The predicted octanol–water partition coefficient (Wildman–Crippen LogP) is 2.79. The number of carbonyl (C=O) groups excluding carboxylic acids is 1. The lowest BCUT2D eigenvalue weighted by molar-refractivity contribution is 0.0440. The Morgan fingerprint density at radius 3 is 2.05 bits per heavy atom. The van der Waals surface area contributed by atoms with Gasteiger partial charge in [0.2, 0.25) is 0 Å². The van der Waals surface area contributed by atoms with Crippen LogP contribution in [0, 0.1) is 10.8 Å². The zero-order chi connectivity index (χ0) is 14.9. The topological polar surface area (TPSA) is 88.2 Å². The van der Waals surface area contributed by atoms with Crippen LogP contribution in [0.3, 0.4) is 0 Å². The average molecular weight is 269 g/mol. The molecule has 1 aliphatic rings. The number of nitrogens with one attached hydrogen (secondary N) is 2. The fraction of sp³-hybridized carbons (Fsp3) is 0.857. The number of ether oxygens (including phenoxy) is 1. The van der Waals surface area contributed by atoms with E-state index in [1.807, 2.05) is 20.8 Å². The zero-order valence-electron chi connectivity index (χ0n) is 12.7. The summed E-state index contributed by atoms with van der Waals surface area (Å²) in [6.45, 7) is 9.85. The quantitative estimate of drug-likeness (QED) is 0.532. The highest BCUT2D eigenvalue weighted by Crippen LogP contribution is 2.40. The number of rotatable bonds is 2. The lowest BCUT2D eigenvalue weighted by atomic mass is 9.69. The molecule has 1 aliphatic carbocycles. The van der Waals surface area contributed by atoms with E-state index in [9.17, 15) is 4.79 Å². The average Bonchev–Trinajstić information content (AvgIpc) is 2.18. The van der Waals surface area contributed by atoms with Gasteiger partial charge in [0, 0.05) is 0 Å². The smallest absolute Gasteiger partial charge is 0.408 e. The Balaban J connectivity index is 2.75. The minimum absolute atomic E-state index is 0.0221. The number of alkyl carbamates (subject to hydrolysis) is 1. The molecule has 4 N–H and O–H groups in total. The van der Waals surface area contributed by atoms with Gasteiger partial charge in [-0.25, -0.2) is 4.79 Å². The lowest BCUT2D eigenvalue weighted by Gasteiger charge is -2.43. The molecule has 0 spiro atoms. The SMILES string of the molecule is CC1(C)CCC(NC(=O)OC(C)(C)C)(C(=N)N)CC1. The van der Waals surface area contributed by atoms with Crippen LogP contribution < -0.4 is 11.1 Å². The van der Waals surface area contributed by atoms with Crippen LogP contribution in [0.5, 0.6) is 0 Å². The second-order valence-electron chi connectivity index (χ2n) is 7.29. The summed E-state index contributed by atoms with van der Waals surface area (Å²) in [5.41, 5.74) is 4.68. The summed E-state index contributed by atoms with van der Waals surface area (Å²) in [5, 5.41) is 10.6. The first-order valence-electron chi connectivity index (χ1n) is 6.82. The Bertz CT molecular complexity index is 359. The minimum atomic E-state index is -0.738. The molecule has 5 nitrogen and oxygen atoms in total. The van der Waals surface area contributed by atoms with Gasteiger partial charge in [0.25, 0.3) is 0 Å². The van der Waals surface area contributed by atoms with Crippen molar-refractivity contribution in [2.24, 2.45) is 11.1 Å². The molecule has 1 rings (SSSR count). The van der Waals surface area contributed by atoms with E-state index >= 15 is 0 Å². The van der Waals surface area contributed by atoms with Gasteiger partial charge in [-0.3, -0.25) is 5.41 Å². The lowest BCUT2D eigenvalue weighted by Crippen LogP contribution is -2.60. The van der Waals surface area contributed by atoms with Gasteiger partial charge in [-0.05, 0) is 51.9 Å². The molecule has 0 unspecified atom stereocenters. The van der Waals surface area contributed by atoms with Gasteiger partial charge >= 0.3 is 6.09 Å². The fourth-order valence-electron chi connectivity index (χ4n) is 2.31. The molecule has 0 saturated heterocycles. The van der Waals surface area contributed by atoms with Gasteiger partial charge in [-0.1, -0.05) is 13.8 Å². The van der Waals surface area contributed by atoms with Crippen LogP contribution in [0.4, 0.5) is 4.79 Å². The first-order chi connectivity index (χ1) is 8.46. The molecule has 0 aromatic carbocycles. The Hall–Kier alpha value is -1.26. The third-order valence-corrected chi connectivity index (χ3v) is 3.71. The minimum Gasteiger partial charge on any atom is -0.444 e. The van der Waals surface area contributed by atoms with Crippen LogP contribution in [-0.4, -0.2) is 23.1 Å². The molecule has 1 amide bonds. The highest BCUT2D eigenvalue weighted by Gasteiger charge is 2.42. The first kappa shape index (κ1) is 15.8. The summed E-state index contributed by atoms with van der Waals surface area (Å²) >= 11 is 0. The van der Waals surface area contributed by atoms with Crippen molar-refractivity contribution in [2.75, 3.05) is 0 Å². The Morgan fingerprint density at radius 2 is 1.68 bits per heavy atom. The maximum absolute atomic E-state index is 11.9. The van der Waals surface area contributed by atoms with Crippen molar-refractivity contribution in [1.29, 1.82) is 5.41 Å². The Kier molecular flexibility index (Phi) is 4.17. The van der Waals surface area contributed by atoms with Crippen molar-refractivity contribution in [3.05, 3.63) is 0 Å². The van der Waals surface area contributed by atoms with Crippen molar-refractivity contribution >= 4 is 11.9 Å². The molecule has 0 aliphatic heterocycles. The van der Waals surface area contributed by atoms with E-state index in [2.05, 4.69) is 19.2 Å². The predicted molar refractivity (Wildman–Crippen MR) is 76.3 cm³/mol. The van der Waals surface area contributed by atoms with Gasteiger partial charge in [-0.15, -0.1) is 0 Å². The summed E-state index contributed by atoms with van der Waals surface area (Å²) in [5.74, 6) is 0.0221. The highest BCUT2D eigenvalue weighted by atomic mass is 16.6. The molecule has 0 bridgehead atoms. The summed E-state index contributed by atoms with van der Waals surface area (Å²) < 4.78 is 5.27. The van der Waals surface area contributed by atoms with Crippen LogP contribution in [0.25, 0.3) is 0 Å². The third kappa shape index (κ3) is 4.40. The normalized spacial score (nSPS) is 21.5. The van der Waals surface area contributed by atoms with Gasteiger partial charge in [0.1, 0.15) is 17.0 Å². The molecule has 0 atom stereocenters. The van der Waals surface area contributed by atoms with Gasteiger partial charge in [-0.2, -0.15) is 0 Å². The number of hydrogen-bond donors (Lipinski definition) is 3. The summed E-state index contributed by atoms with van der Waals surface area (Å²) in [6, 6.07) is 0. The Labute approximate surface area is 115 Å². The van der Waals surface area contributed by atoms with Gasteiger partial charge < -0.3 is 15.8 Å². The van der Waals surface area contributed by atoms with Crippen LogP contribution in [0.2, 0.25) is 0 Å². The third-order valence-electron chi connectivity index (χ3n) is 3.71. The summed E-state index contributed by atoms with van der Waals surface area (Å²) in [7, 11) is 0. The number of carbonyl (C=O) groups is 1. The molecule has 0 radical (unpaired) electrons. The summed E-state index contributed by atoms with van der Waals surface area (Å²) in [6.07, 6.45) is 2.75. The molecule has 5 heteroatoms. The molecule has 1 fully saturated rings. The van der Waals surface area contributed by atoms with E-state index in [0.717, 1.165) is 12.8 Å². The second-order valence-corrected chi connectivity index (χ2v) is 7.29. The molecule has 19 heavy (non-hydrogen) atoms. The molecule has 0 aromatic heterocycles. The number of amidine groups is 1.